The number of carbonyl (C=O) groups excluding carboxylic acids is 1. The highest BCUT2D eigenvalue weighted by Crippen LogP contribution is 2.44. The fourth-order valence-electron chi connectivity index (χ4n) is 4.43. The van der Waals surface area contributed by atoms with Gasteiger partial charge in [0.2, 0.25) is 5.89 Å². The zero-order chi connectivity index (χ0) is 25.6. The van der Waals surface area contributed by atoms with Gasteiger partial charge in [0.1, 0.15) is 11.1 Å². The van der Waals surface area contributed by atoms with Crippen LogP contribution in [0.4, 0.5) is 4.79 Å². The second-order valence-electron chi connectivity index (χ2n) is 9.69. The standard InChI is InChI=1S/C27H27ClN2O4S2/c1-27(2,3)34-26(32)30-9-8-16-19(14-36-22(16)12-30)17-6-5-7-18(24(17)35-4)25-29-21-11-15(13-31)10-20(28)23(21)33-25/h5-7,10-11,14,31H,8-9,12-13H2,1-4H3. The quantitative estimate of drug-likeness (QED) is 0.271. The van der Waals surface area contributed by atoms with Crippen molar-refractivity contribution < 1.29 is 19.1 Å². The van der Waals surface area contributed by atoms with Gasteiger partial charge in [0, 0.05) is 16.3 Å². The highest BCUT2D eigenvalue weighted by Gasteiger charge is 2.29. The molecule has 0 spiro atoms. The number of benzene rings is 2. The summed E-state index contributed by atoms with van der Waals surface area (Å²) in [7, 11) is 0. The Morgan fingerprint density at radius 2 is 2.06 bits per heavy atom. The Morgan fingerprint density at radius 1 is 1.28 bits per heavy atom. The van der Waals surface area contributed by atoms with Gasteiger partial charge in [-0.1, -0.05) is 23.7 Å². The number of amides is 1. The normalized spacial score (nSPS) is 13.8. The summed E-state index contributed by atoms with van der Waals surface area (Å²) in [5, 5.41) is 12.1. The van der Waals surface area contributed by atoms with Crippen LogP contribution >= 0.6 is 34.7 Å². The second kappa shape index (κ2) is 9.74. The van der Waals surface area contributed by atoms with Crippen LogP contribution in [0.5, 0.6) is 0 Å². The first kappa shape index (κ1) is 25.1. The van der Waals surface area contributed by atoms with Crippen LogP contribution in [0.3, 0.4) is 0 Å². The fraction of sp³-hybridized carbons (Fsp3) is 0.333. The molecule has 0 saturated heterocycles. The number of carbonyl (C=O) groups is 1. The molecule has 188 valence electrons. The van der Waals surface area contributed by atoms with E-state index < -0.39 is 5.60 Å². The second-order valence-corrected chi connectivity index (χ2v) is 11.9. The molecule has 1 aliphatic rings. The maximum absolute atomic E-state index is 12.6. The third-order valence-electron chi connectivity index (χ3n) is 6.03. The van der Waals surface area contributed by atoms with E-state index in [1.807, 2.05) is 39.2 Å². The molecule has 2 aromatic carbocycles. The Hall–Kier alpha value is -2.52. The number of oxazole rings is 1. The number of fused-ring (bicyclic) bond motifs is 2. The summed E-state index contributed by atoms with van der Waals surface area (Å²) < 4.78 is 11.7. The van der Waals surface area contributed by atoms with Crippen molar-refractivity contribution in [3.8, 4) is 22.6 Å². The summed E-state index contributed by atoms with van der Waals surface area (Å²) >= 11 is 9.72. The number of aromatic nitrogens is 1. The van der Waals surface area contributed by atoms with Gasteiger partial charge in [-0.2, -0.15) is 0 Å². The average Bonchev–Trinajstić information content (AvgIpc) is 3.46. The van der Waals surface area contributed by atoms with Crippen molar-refractivity contribution in [1.29, 1.82) is 0 Å². The van der Waals surface area contributed by atoms with E-state index in [1.165, 1.54) is 16.0 Å². The summed E-state index contributed by atoms with van der Waals surface area (Å²) in [6, 6.07) is 9.63. The first-order valence-corrected chi connectivity index (χ1v) is 14.1. The Morgan fingerprint density at radius 3 is 2.78 bits per heavy atom. The van der Waals surface area contributed by atoms with Gasteiger partial charge in [0.15, 0.2) is 5.58 Å². The molecular formula is C27H27ClN2O4S2. The zero-order valence-corrected chi connectivity index (χ0v) is 22.9. The minimum absolute atomic E-state index is 0.113. The van der Waals surface area contributed by atoms with Crippen LogP contribution in [-0.4, -0.2) is 39.5 Å². The minimum Gasteiger partial charge on any atom is -0.444 e. The number of aliphatic hydroxyl groups is 1. The van der Waals surface area contributed by atoms with Gasteiger partial charge in [-0.15, -0.1) is 23.1 Å². The molecule has 3 heterocycles. The van der Waals surface area contributed by atoms with Crippen LogP contribution < -0.4 is 0 Å². The predicted molar refractivity (Wildman–Crippen MR) is 146 cm³/mol. The van der Waals surface area contributed by atoms with Crippen LogP contribution in [0.2, 0.25) is 5.02 Å². The molecule has 6 nitrogen and oxygen atoms in total. The van der Waals surface area contributed by atoms with E-state index >= 15 is 0 Å². The smallest absolute Gasteiger partial charge is 0.410 e. The Bertz CT molecular complexity index is 1450. The molecule has 4 aromatic rings. The van der Waals surface area contributed by atoms with Gasteiger partial charge < -0.3 is 19.2 Å². The molecule has 0 radical (unpaired) electrons. The van der Waals surface area contributed by atoms with Crippen molar-refractivity contribution in [2.24, 2.45) is 0 Å². The molecule has 0 aliphatic carbocycles. The van der Waals surface area contributed by atoms with Crippen LogP contribution in [0, 0.1) is 0 Å². The van der Waals surface area contributed by atoms with Crippen LogP contribution in [0.25, 0.3) is 33.7 Å². The lowest BCUT2D eigenvalue weighted by Crippen LogP contribution is -2.39. The molecular weight excluding hydrogens is 516 g/mol. The monoisotopic (exact) mass is 542 g/mol. The maximum atomic E-state index is 12.6. The highest BCUT2D eigenvalue weighted by atomic mass is 35.5. The number of nitrogens with zero attached hydrogens (tertiary/aromatic N) is 2. The third-order valence-corrected chi connectivity index (χ3v) is 8.17. The molecule has 1 N–H and O–H groups in total. The van der Waals surface area contributed by atoms with Gasteiger partial charge in [-0.3, -0.25) is 0 Å². The number of aliphatic hydroxyl groups excluding tert-OH is 1. The SMILES string of the molecule is CSc1c(-c2nc3cc(CO)cc(Cl)c3o2)cccc1-c1csc2c1CCN(C(=O)OC(C)(C)C)C2. The predicted octanol–water partition coefficient (Wildman–Crippen LogP) is 7.38. The molecule has 0 fully saturated rings. The molecule has 2 aromatic heterocycles. The van der Waals surface area contributed by atoms with E-state index in [1.54, 1.807) is 40.1 Å². The average molecular weight is 543 g/mol. The van der Waals surface area contributed by atoms with E-state index in [0.29, 0.717) is 40.7 Å². The molecule has 0 atom stereocenters. The molecule has 1 amide bonds. The van der Waals surface area contributed by atoms with Crippen molar-refractivity contribution in [2.45, 2.75) is 50.8 Å². The summed E-state index contributed by atoms with van der Waals surface area (Å²) in [6.07, 6.45) is 2.55. The molecule has 0 bridgehead atoms. The number of thiophene rings is 1. The van der Waals surface area contributed by atoms with E-state index in [-0.39, 0.29) is 12.7 Å². The van der Waals surface area contributed by atoms with Crippen molar-refractivity contribution in [3.63, 3.8) is 0 Å². The summed E-state index contributed by atoms with van der Waals surface area (Å²) in [4.78, 5) is 21.3. The number of halogens is 1. The topological polar surface area (TPSA) is 75.8 Å². The van der Waals surface area contributed by atoms with Crippen molar-refractivity contribution >= 4 is 51.9 Å². The Balaban J connectivity index is 1.51. The van der Waals surface area contributed by atoms with Gasteiger partial charge in [0.25, 0.3) is 0 Å². The molecule has 9 heteroatoms. The highest BCUT2D eigenvalue weighted by molar-refractivity contribution is 7.98. The first-order chi connectivity index (χ1) is 17.2. The van der Waals surface area contributed by atoms with E-state index in [2.05, 4.69) is 11.4 Å². The maximum Gasteiger partial charge on any atom is 0.410 e. The number of rotatable bonds is 4. The number of thioether (sulfide) groups is 1. The van der Waals surface area contributed by atoms with E-state index in [4.69, 9.17) is 25.7 Å². The first-order valence-electron chi connectivity index (χ1n) is 11.6. The van der Waals surface area contributed by atoms with Gasteiger partial charge >= 0.3 is 6.09 Å². The summed E-state index contributed by atoms with van der Waals surface area (Å²) in [5.74, 6) is 0.494. The van der Waals surface area contributed by atoms with Gasteiger partial charge in [-0.25, -0.2) is 9.78 Å². The number of hydrogen-bond acceptors (Lipinski definition) is 7. The lowest BCUT2D eigenvalue weighted by Gasteiger charge is -2.30. The molecule has 0 unspecified atom stereocenters. The lowest BCUT2D eigenvalue weighted by atomic mass is 9.96. The minimum atomic E-state index is -0.514. The zero-order valence-electron chi connectivity index (χ0n) is 20.6. The molecule has 36 heavy (non-hydrogen) atoms. The Kier molecular flexibility index (Phi) is 6.80. The van der Waals surface area contributed by atoms with Crippen molar-refractivity contribution in [3.05, 3.63) is 56.7 Å². The molecule has 5 rings (SSSR count). The molecule has 1 aliphatic heterocycles. The lowest BCUT2D eigenvalue weighted by molar-refractivity contribution is 0.0227. The number of hydrogen-bond donors (Lipinski definition) is 1. The third kappa shape index (κ3) is 4.75. The van der Waals surface area contributed by atoms with E-state index in [9.17, 15) is 9.90 Å². The number of ether oxygens (including phenoxy) is 1. The summed E-state index contributed by atoms with van der Waals surface area (Å²) in [5.41, 5.74) is 5.78. The summed E-state index contributed by atoms with van der Waals surface area (Å²) in [6.45, 7) is 6.72. The molecule has 0 saturated carbocycles. The van der Waals surface area contributed by atoms with Crippen LogP contribution in [0.15, 0.2) is 45.0 Å². The van der Waals surface area contributed by atoms with E-state index in [0.717, 1.165) is 22.4 Å². The Labute approximate surface area is 223 Å². The fourth-order valence-corrected chi connectivity index (χ4v) is 6.59. The van der Waals surface area contributed by atoms with Crippen LogP contribution in [-0.2, 0) is 24.3 Å². The van der Waals surface area contributed by atoms with Gasteiger partial charge in [0.05, 0.1) is 23.7 Å². The van der Waals surface area contributed by atoms with Crippen LogP contribution in [0.1, 0.15) is 36.8 Å². The van der Waals surface area contributed by atoms with Gasteiger partial charge in [-0.05, 0) is 79.3 Å². The van der Waals surface area contributed by atoms with Crippen molar-refractivity contribution in [2.75, 3.05) is 12.8 Å². The van der Waals surface area contributed by atoms with Crippen molar-refractivity contribution in [1.82, 2.24) is 9.88 Å². The largest absolute Gasteiger partial charge is 0.444 e.